The van der Waals surface area contributed by atoms with Crippen LogP contribution in [0.15, 0.2) is 42.5 Å². The van der Waals surface area contributed by atoms with Crippen molar-refractivity contribution >= 4 is 11.8 Å². The zero-order chi connectivity index (χ0) is 19.2. The number of amides is 2. The van der Waals surface area contributed by atoms with Crippen LogP contribution in [0.1, 0.15) is 44.2 Å². The van der Waals surface area contributed by atoms with Crippen molar-refractivity contribution in [2.75, 3.05) is 6.61 Å². The quantitative estimate of drug-likeness (QED) is 0.638. The fraction of sp³-hybridized carbons (Fsp3) is 0.524. The van der Waals surface area contributed by atoms with E-state index in [4.69, 9.17) is 4.74 Å². The van der Waals surface area contributed by atoms with Crippen LogP contribution in [-0.4, -0.2) is 41.8 Å². The van der Waals surface area contributed by atoms with Gasteiger partial charge < -0.3 is 20.5 Å². The molecule has 0 bridgehead atoms. The Morgan fingerprint density at radius 2 is 1.96 bits per heavy atom. The SMILES string of the molecule is C[C@@H](NC(=O)C[C@@H]1C=C[C@@H](NC(=O)C2CCC2)[C@@H](CO)O1)c1ccccc1. The summed E-state index contributed by atoms with van der Waals surface area (Å²) in [5.74, 6) is -0.0128. The average molecular weight is 372 g/mol. The van der Waals surface area contributed by atoms with E-state index in [1.165, 1.54) is 0 Å². The molecule has 3 N–H and O–H groups in total. The minimum Gasteiger partial charge on any atom is -0.394 e. The summed E-state index contributed by atoms with van der Waals surface area (Å²) in [4.78, 5) is 24.5. The highest BCUT2D eigenvalue weighted by atomic mass is 16.5. The van der Waals surface area contributed by atoms with E-state index in [-0.39, 0.29) is 42.8 Å². The summed E-state index contributed by atoms with van der Waals surface area (Å²) in [6.45, 7) is 1.73. The summed E-state index contributed by atoms with van der Waals surface area (Å²) < 4.78 is 5.83. The van der Waals surface area contributed by atoms with E-state index in [1.54, 1.807) is 6.08 Å². The maximum absolute atomic E-state index is 12.3. The normalized spacial score (nSPS) is 26.1. The molecule has 4 atom stereocenters. The van der Waals surface area contributed by atoms with Gasteiger partial charge in [0.1, 0.15) is 6.10 Å². The van der Waals surface area contributed by atoms with E-state index in [0.717, 1.165) is 24.8 Å². The Hall–Kier alpha value is -2.18. The first-order chi connectivity index (χ1) is 13.1. The molecule has 1 fully saturated rings. The number of hydrogen-bond donors (Lipinski definition) is 3. The molecular weight excluding hydrogens is 344 g/mol. The van der Waals surface area contributed by atoms with E-state index in [2.05, 4.69) is 10.6 Å². The maximum Gasteiger partial charge on any atom is 0.223 e. The molecule has 146 valence electrons. The highest BCUT2D eigenvalue weighted by Crippen LogP contribution is 2.27. The number of aliphatic hydroxyl groups is 1. The third kappa shape index (κ3) is 5.17. The van der Waals surface area contributed by atoms with E-state index in [0.29, 0.717) is 0 Å². The lowest BCUT2D eigenvalue weighted by Gasteiger charge is -2.34. The highest BCUT2D eigenvalue weighted by molar-refractivity contribution is 5.80. The topological polar surface area (TPSA) is 87.7 Å². The van der Waals surface area contributed by atoms with Crippen LogP contribution in [-0.2, 0) is 14.3 Å². The second-order valence-electron chi connectivity index (χ2n) is 7.35. The van der Waals surface area contributed by atoms with Gasteiger partial charge in [-0.1, -0.05) is 48.9 Å². The average Bonchev–Trinajstić information content (AvgIpc) is 2.62. The fourth-order valence-electron chi connectivity index (χ4n) is 3.40. The molecule has 0 aromatic heterocycles. The Balaban J connectivity index is 1.51. The lowest BCUT2D eigenvalue weighted by atomic mass is 9.84. The minimum absolute atomic E-state index is 0.0193. The smallest absolute Gasteiger partial charge is 0.223 e. The molecule has 2 amide bonds. The molecule has 2 aliphatic rings. The second-order valence-corrected chi connectivity index (χ2v) is 7.35. The van der Waals surface area contributed by atoms with Crippen LogP contribution >= 0.6 is 0 Å². The van der Waals surface area contributed by atoms with Crippen molar-refractivity contribution in [3.05, 3.63) is 48.0 Å². The Bertz CT molecular complexity index is 672. The summed E-state index contributed by atoms with van der Waals surface area (Å²) in [5.41, 5.74) is 1.04. The first-order valence-electron chi connectivity index (χ1n) is 9.66. The molecule has 1 aliphatic heterocycles. The van der Waals surface area contributed by atoms with Gasteiger partial charge in [-0.3, -0.25) is 9.59 Å². The van der Waals surface area contributed by atoms with Crippen molar-refractivity contribution in [3.63, 3.8) is 0 Å². The minimum atomic E-state index is -0.539. The molecule has 0 radical (unpaired) electrons. The van der Waals surface area contributed by atoms with Gasteiger partial charge in [0.2, 0.25) is 11.8 Å². The number of ether oxygens (including phenoxy) is 1. The van der Waals surface area contributed by atoms with Crippen LogP contribution in [0.3, 0.4) is 0 Å². The van der Waals surface area contributed by atoms with Crippen LogP contribution in [0.4, 0.5) is 0 Å². The zero-order valence-electron chi connectivity index (χ0n) is 15.6. The van der Waals surface area contributed by atoms with Crippen molar-refractivity contribution in [3.8, 4) is 0 Å². The first-order valence-corrected chi connectivity index (χ1v) is 9.66. The van der Waals surface area contributed by atoms with Crippen molar-refractivity contribution in [1.29, 1.82) is 0 Å². The van der Waals surface area contributed by atoms with Gasteiger partial charge in [-0.25, -0.2) is 0 Å². The molecule has 1 aromatic rings. The summed E-state index contributed by atoms with van der Waals surface area (Å²) in [5, 5.41) is 15.5. The van der Waals surface area contributed by atoms with Crippen LogP contribution in [0.25, 0.3) is 0 Å². The Kier molecular flexibility index (Phi) is 6.63. The van der Waals surface area contributed by atoms with E-state index in [1.807, 2.05) is 43.3 Å². The molecule has 0 saturated heterocycles. The van der Waals surface area contributed by atoms with Gasteiger partial charge >= 0.3 is 0 Å². The van der Waals surface area contributed by atoms with E-state index in [9.17, 15) is 14.7 Å². The predicted octanol–water partition coefficient (Wildman–Crippen LogP) is 1.85. The van der Waals surface area contributed by atoms with Crippen LogP contribution in [0, 0.1) is 5.92 Å². The van der Waals surface area contributed by atoms with Crippen LogP contribution in [0.5, 0.6) is 0 Å². The molecule has 1 aliphatic carbocycles. The van der Waals surface area contributed by atoms with Gasteiger partial charge in [0.15, 0.2) is 0 Å². The Morgan fingerprint density at radius 3 is 2.59 bits per heavy atom. The molecule has 6 nitrogen and oxygen atoms in total. The van der Waals surface area contributed by atoms with E-state index < -0.39 is 12.2 Å². The largest absolute Gasteiger partial charge is 0.394 e. The summed E-state index contributed by atoms with van der Waals surface area (Å²) >= 11 is 0. The standard InChI is InChI=1S/C21H28N2O4/c1-14(15-6-3-2-4-7-15)22-20(25)12-17-10-11-18(19(13-24)27-17)23-21(26)16-8-5-9-16/h2-4,6-7,10-11,14,16-19,24H,5,8-9,12-13H2,1H3,(H,22,25)(H,23,26)/t14-,17+,18-,19-/m1/s1. The van der Waals surface area contributed by atoms with Gasteiger partial charge in [0.05, 0.1) is 31.2 Å². The van der Waals surface area contributed by atoms with Crippen molar-refractivity contribution < 1.29 is 19.4 Å². The van der Waals surface area contributed by atoms with Gasteiger partial charge in [-0.15, -0.1) is 0 Å². The molecule has 3 rings (SSSR count). The van der Waals surface area contributed by atoms with Gasteiger partial charge in [0.25, 0.3) is 0 Å². The summed E-state index contributed by atoms with van der Waals surface area (Å²) in [6, 6.07) is 9.32. The number of carbonyl (C=O) groups is 2. The highest BCUT2D eigenvalue weighted by Gasteiger charge is 2.32. The van der Waals surface area contributed by atoms with Gasteiger partial charge in [-0.2, -0.15) is 0 Å². The van der Waals surface area contributed by atoms with Crippen LogP contribution in [0.2, 0.25) is 0 Å². The molecule has 6 heteroatoms. The Morgan fingerprint density at radius 1 is 1.22 bits per heavy atom. The molecule has 27 heavy (non-hydrogen) atoms. The van der Waals surface area contributed by atoms with E-state index >= 15 is 0 Å². The molecule has 1 saturated carbocycles. The van der Waals surface area contributed by atoms with Crippen molar-refractivity contribution in [2.24, 2.45) is 5.92 Å². The monoisotopic (exact) mass is 372 g/mol. The number of aliphatic hydroxyl groups excluding tert-OH is 1. The third-order valence-electron chi connectivity index (χ3n) is 5.31. The number of hydrogen-bond acceptors (Lipinski definition) is 4. The number of nitrogens with one attached hydrogen (secondary N) is 2. The lowest BCUT2D eigenvalue weighted by Crippen LogP contribution is -2.51. The zero-order valence-corrected chi connectivity index (χ0v) is 15.6. The second kappa shape index (κ2) is 9.15. The molecular formula is C21H28N2O4. The predicted molar refractivity (Wildman–Crippen MR) is 102 cm³/mol. The maximum atomic E-state index is 12.3. The lowest BCUT2D eigenvalue weighted by molar-refractivity contribution is -0.132. The molecule has 0 spiro atoms. The number of benzene rings is 1. The Labute approximate surface area is 160 Å². The first kappa shape index (κ1) is 19.6. The fourth-order valence-corrected chi connectivity index (χ4v) is 3.40. The molecule has 1 aromatic carbocycles. The third-order valence-corrected chi connectivity index (χ3v) is 5.31. The molecule has 1 heterocycles. The van der Waals surface area contributed by atoms with Crippen LogP contribution < -0.4 is 10.6 Å². The van der Waals surface area contributed by atoms with Crippen molar-refractivity contribution in [1.82, 2.24) is 10.6 Å². The number of rotatable bonds is 7. The summed E-state index contributed by atoms with van der Waals surface area (Å²) in [7, 11) is 0. The summed E-state index contributed by atoms with van der Waals surface area (Å²) in [6.07, 6.45) is 5.80. The molecule has 0 unspecified atom stereocenters. The van der Waals surface area contributed by atoms with Gasteiger partial charge in [0, 0.05) is 5.92 Å². The van der Waals surface area contributed by atoms with Gasteiger partial charge in [-0.05, 0) is 25.3 Å². The number of carbonyl (C=O) groups excluding carboxylic acids is 2. The van der Waals surface area contributed by atoms with Crippen molar-refractivity contribution in [2.45, 2.75) is 56.9 Å².